The van der Waals surface area contributed by atoms with Gasteiger partial charge in [-0.2, -0.15) is 0 Å². The molecule has 0 aromatic carbocycles. The van der Waals surface area contributed by atoms with E-state index in [0.717, 1.165) is 0 Å². The standard InChI is InChI=1S/C8H17NO3/c1-8(2,9)5-12-7-4-11-3-6(7)10/h6-7,10H,3-5,9H2,1-2H3. The number of aliphatic hydroxyl groups excluding tert-OH is 1. The van der Waals surface area contributed by atoms with Crippen LogP contribution in [-0.2, 0) is 9.47 Å². The van der Waals surface area contributed by atoms with Crippen molar-refractivity contribution in [1.29, 1.82) is 0 Å². The van der Waals surface area contributed by atoms with E-state index in [-0.39, 0.29) is 11.6 Å². The maximum Gasteiger partial charge on any atom is 0.109 e. The lowest BCUT2D eigenvalue weighted by atomic mass is 10.1. The summed E-state index contributed by atoms with van der Waals surface area (Å²) in [5.74, 6) is 0. The molecular formula is C8H17NO3. The summed E-state index contributed by atoms with van der Waals surface area (Å²) in [5.41, 5.74) is 5.37. The first-order valence-electron chi connectivity index (χ1n) is 4.15. The Kier molecular flexibility index (Phi) is 3.06. The van der Waals surface area contributed by atoms with Crippen molar-refractivity contribution in [2.45, 2.75) is 31.6 Å². The molecule has 0 saturated carbocycles. The second-order valence-corrected chi connectivity index (χ2v) is 3.94. The fraction of sp³-hybridized carbons (Fsp3) is 1.00. The smallest absolute Gasteiger partial charge is 0.109 e. The van der Waals surface area contributed by atoms with Crippen molar-refractivity contribution in [2.75, 3.05) is 19.8 Å². The van der Waals surface area contributed by atoms with Gasteiger partial charge in [-0.1, -0.05) is 0 Å². The van der Waals surface area contributed by atoms with E-state index in [0.29, 0.717) is 19.8 Å². The molecule has 0 aliphatic carbocycles. The zero-order valence-electron chi connectivity index (χ0n) is 7.62. The number of aliphatic hydroxyl groups is 1. The third kappa shape index (κ3) is 3.06. The highest BCUT2D eigenvalue weighted by Gasteiger charge is 2.28. The Labute approximate surface area is 72.6 Å². The van der Waals surface area contributed by atoms with E-state index in [4.69, 9.17) is 15.2 Å². The molecule has 4 heteroatoms. The molecule has 3 N–H and O–H groups in total. The molecule has 0 bridgehead atoms. The second kappa shape index (κ2) is 3.70. The molecule has 2 atom stereocenters. The van der Waals surface area contributed by atoms with E-state index in [1.165, 1.54) is 0 Å². The molecule has 0 aromatic rings. The number of ether oxygens (including phenoxy) is 2. The Morgan fingerprint density at radius 1 is 1.58 bits per heavy atom. The Morgan fingerprint density at radius 2 is 2.25 bits per heavy atom. The van der Waals surface area contributed by atoms with Crippen LogP contribution >= 0.6 is 0 Å². The highest BCUT2D eigenvalue weighted by molar-refractivity contribution is 4.77. The van der Waals surface area contributed by atoms with Gasteiger partial charge >= 0.3 is 0 Å². The van der Waals surface area contributed by atoms with Crippen LogP contribution in [0.5, 0.6) is 0 Å². The van der Waals surface area contributed by atoms with Gasteiger partial charge in [-0.3, -0.25) is 0 Å². The minimum atomic E-state index is -0.493. The molecule has 1 fully saturated rings. The van der Waals surface area contributed by atoms with Gasteiger partial charge in [0, 0.05) is 5.54 Å². The summed E-state index contributed by atoms with van der Waals surface area (Å²) in [6.45, 7) is 5.05. The summed E-state index contributed by atoms with van der Waals surface area (Å²) in [5, 5.41) is 9.29. The van der Waals surface area contributed by atoms with E-state index in [2.05, 4.69) is 0 Å². The Hall–Kier alpha value is -0.160. The average molecular weight is 175 g/mol. The van der Waals surface area contributed by atoms with Gasteiger partial charge in [-0.05, 0) is 13.8 Å². The molecule has 1 saturated heterocycles. The molecule has 4 nitrogen and oxygen atoms in total. The Morgan fingerprint density at radius 3 is 2.67 bits per heavy atom. The monoisotopic (exact) mass is 175 g/mol. The van der Waals surface area contributed by atoms with Crippen LogP contribution < -0.4 is 5.73 Å². The molecule has 72 valence electrons. The van der Waals surface area contributed by atoms with E-state index in [1.54, 1.807) is 0 Å². The molecular weight excluding hydrogens is 158 g/mol. The van der Waals surface area contributed by atoms with Crippen LogP contribution in [0.4, 0.5) is 0 Å². The predicted molar refractivity (Wildman–Crippen MR) is 44.8 cm³/mol. The fourth-order valence-corrected chi connectivity index (χ4v) is 1.00. The van der Waals surface area contributed by atoms with Crippen LogP contribution in [0.15, 0.2) is 0 Å². The van der Waals surface area contributed by atoms with E-state index >= 15 is 0 Å². The van der Waals surface area contributed by atoms with Crippen molar-refractivity contribution in [3.05, 3.63) is 0 Å². The van der Waals surface area contributed by atoms with Crippen molar-refractivity contribution < 1.29 is 14.6 Å². The molecule has 1 aliphatic heterocycles. The number of hydrogen-bond donors (Lipinski definition) is 2. The molecule has 0 spiro atoms. The molecule has 1 heterocycles. The van der Waals surface area contributed by atoms with Crippen molar-refractivity contribution >= 4 is 0 Å². The van der Waals surface area contributed by atoms with Gasteiger partial charge in [-0.15, -0.1) is 0 Å². The lowest BCUT2D eigenvalue weighted by Crippen LogP contribution is -2.41. The van der Waals surface area contributed by atoms with E-state index in [9.17, 15) is 5.11 Å². The lowest BCUT2D eigenvalue weighted by Gasteiger charge is -2.22. The highest BCUT2D eigenvalue weighted by atomic mass is 16.6. The first kappa shape index (κ1) is 9.92. The Bertz CT molecular complexity index is 144. The summed E-state index contributed by atoms with van der Waals surface area (Å²) in [6.07, 6.45) is -0.694. The SMILES string of the molecule is CC(C)(N)COC1COCC1O. The maximum atomic E-state index is 9.29. The minimum absolute atomic E-state index is 0.201. The predicted octanol–water partition coefficient (Wildman–Crippen LogP) is -0.500. The normalized spacial score (nSPS) is 31.0. The third-order valence-electron chi connectivity index (χ3n) is 1.67. The quantitative estimate of drug-likeness (QED) is 0.607. The van der Waals surface area contributed by atoms with Gasteiger partial charge in [0.2, 0.25) is 0 Å². The molecule has 0 radical (unpaired) electrons. The van der Waals surface area contributed by atoms with Gasteiger partial charge in [0.25, 0.3) is 0 Å². The highest BCUT2D eigenvalue weighted by Crippen LogP contribution is 2.11. The average Bonchev–Trinajstić information content (AvgIpc) is 2.29. The number of nitrogens with two attached hydrogens (primary N) is 1. The molecule has 1 rings (SSSR count). The van der Waals surface area contributed by atoms with Crippen LogP contribution in [0, 0.1) is 0 Å². The Balaban J connectivity index is 2.23. The van der Waals surface area contributed by atoms with Gasteiger partial charge in [0.1, 0.15) is 12.2 Å². The zero-order chi connectivity index (χ0) is 9.19. The largest absolute Gasteiger partial charge is 0.388 e. The fourth-order valence-electron chi connectivity index (χ4n) is 1.00. The molecule has 0 amide bonds. The van der Waals surface area contributed by atoms with Crippen LogP contribution in [-0.4, -0.2) is 42.7 Å². The van der Waals surface area contributed by atoms with Crippen LogP contribution in [0.3, 0.4) is 0 Å². The molecule has 0 aromatic heterocycles. The lowest BCUT2D eigenvalue weighted by molar-refractivity contribution is -0.0249. The van der Waals surface area contributed by atoms with E-state index < -0.39 is 6.10 Å². The van der Waals surface area contributed by atoms with Crippen molar-refractivity contribution in [3.8, 4) is 0 Å². The van der Waals surface area contributed by atoms with Gasteiger partial charge in [0.05, 0.1) is 19.8 Å². The summed E-state index contributed by atoms with van der Waals surface area (Å²) < 4.78 is 10.4. The minimum Gasteiger partial charge on any atom is -0.388 e. The molecule has 12 heavy (non-hydrogen) atoms. The van der Waals surface area contributed by atoms with E-state index in [1.807, 2.05) is 13.8 Å². The molecule has 1 aliphatic rings. The number of rotatable bonds is 3. The second-order valence-electron chi connectivity index (χ2n) is 3.94. The van der Waals surface area contributed by atoms with Crippen LogP contribution in [0.1, 0.15) is 13.8 Å². The van der Waals surface area contributed by atoms with Crippen LogP contribution in [0.2, 0.25) is 0 Å². The van der Waals surface area contributed by atoms with Crippen molar-refractivity contribution in [1.82, 2.24) is 0 Å². The maximum absolute atomic E-state index is 9.29. The van der Waals surface area contributed by atoms with Crippen LogP contribution in [0.25, 0.3) is 0 Å². The third-order valence-corrected chi connectivity index (χ3v) is 1.67. The first-order valence-corrected chi connectivity index (χ1v) is 4.15. The summed E-state index contributed by atoms with van der Waals surface area (Å²) in [6, 6.07) is 0. The molecule has 2 unspecified atom stereocenters. The van der Waals surface area contributed by atoms with Crippen molar-refractivity contribution in [2.24, 2.45) is 5.73 Å². The van der Waals surface area contributed by atoms with Gasteiger partial charge in [0.15, 0.2) is 0 Å². The van der Waals surface area contributed by atoms with Gasteiger partial charge < -0.3 is 20.3 Å². The summed E-state index contributed by atoms with van der Waals surface area (Å²) in [7, 11) is 0. The summed E-state index contributed by atoms with van der Waals surface area (Å²) in [4.78, 5) is 0. The summed E-state index contributed by atoms with van der Waals surface area (Å²) >= 11 is 0. The van der Waals surface area contributed by atoms with Gasteiger partial charge in [-0.25, -0.2) is 0 Å². The zero-order valence-corrected chi connectivity index (χ0v) is 7.62. The number of hydrogen-bond acceptors (Lipinski definition) is 4. The topological polar surface area (TPSA) is 64.7 Å². The van der Waals surface area contributed by atoms with Crippen molar-refractivity contribution in [3.63, 3.8) is 0 Å². The first-order chi connectivity index (χ1) is 5.49.